The third kappa shape index (κ3) is 2.13. The maximum Gasteiger partial charge on any atom is 0.435 e. The molecule has 0 unspecified atom stereocenters. The molecular formula is C14H10F3N3. The molecule has 2 heterocycles. The van der Waals surface area contributed by atoms with Gasteiger partial charge in [-0.1, -0.05) is 18.2 Å². The van der Waals surface area contributed by atoms with Crippen LogP contribution in [0.2, 0.25) is 0 Å². The number of hydrogen-bond acceptors (Lipinski definition) is 2. The van der Waals surface area contributed by atoms with Crippen molar-refractivity contribution in [1.29, 1.82) is 0 Å². The van der Waals surface area contributed by atoms with Gasteiger partial charge in [0.15, 0.2) is 5.69 Å². The van der Waals surface area contributed by atoms with E-state index in [2.05, 4.69) is 10.1 Å². The summed E-state index contributed by atoms with van der Waals surface area (Å²) in [4.78, 5) is 4.35. The van der Waals surface area contributed by atoms with Crippen LogP contribution in [0.5, 0.6) is 0 Å². The standard InChI is InChI=1S/C14H10F3N3/c1-9-8-12(10-4-2-3-5-11(10)18-9)20-7-6-13(19-20)14(15,16)17/h2-8H,1H3. The molecule has 0 spiro atoms. The Balaban J connectivity index is 2.21. The molecule has 3 nitrogen and oxygen atoms in total. The van der Waals surface area contributed by atoms with E-state index >= 15 is 0 Å². The van der Waals surface area contributed by atoms with Crippen LogP contribution in [0.15, 0.2) is 42.6 Å². The van der Waals surface area contributed by atoms with Crippen molar-refractivity contribution < 1.29 is 13.2 Å². The molecule has 0 saturated carbocycles. The number of pyridine rings is 1. The molecule has 0 aliphatic carbocycles. The Morgan fingerprint density at radius 3 is 2.55 bits per heavy atom. The molecule has 2 aromatic heterocycles. The SMILES string of the molecule is Cc1cc(-n2ccc(C(F)(F)F)n2)c2ccccc2n1. The second-order valence-electron chi connectivity index (χ2n) is 4.44. The molecule has 0 aliphatic heterocycles. The number of alkyl halides is 3. The molecule has 0 fully saturated rings. The summed E-state index contributed by atoms with van der Waals surface area (Å²) in [5.74, 6) is 0. The molecule has 0 amide bonds. The van der Waals surface area contributed by atoms with E-state index in [1.54, 1.807) is 13.0 Å². The van der Waals surface area contributed by atoms with Gasteiger partial charge in [-0.25, -0.2) is 4.68 Å². The van der Waals surface area contributed by atoms with E-state index in [1.807, 2.05) is 24.3 Å². The lowest BCUT2D eigenvalue weighted by molar-refractivity contribution is -0.141. The molecule has 20 heavy (non-hydrogen) atoms. The van der Waals surface area contributed by atoms with Gasteiger partial charge in [-0.15, -0.1) is 0 Å². The summed E-state index contributed by atoms with van der Waals surface area (Å²) < 4.78 is 39.1. The molecule has 1 aromatic carbocycles. The molecule has 0 radical (unpaired) electrons. The smallest absolute Gasteiger partial charge is 0.253 e. The lowest BCUT2D eigenvalue weighted by atomic mass is 10.1. The van der Waals surface area contributed by atoms with Crippen molar-refractivity contribution >= 4 is 10.9 Å². The maximum absolute atomic E-state index is 12.6. The fourth-order valence-electron chi connectivity index (χ4n) is 2.08. The molecule has 3 aromatic rings. The lowest BCUT2D eigenvalue weighted by Crippen LogP contribution is -2.07. The fraction of sp³-hybridized carbons (Fsp3) is 0.143. The van der Waals surface area contributed by atoms with E-state index in [0.717, 1.165) is 22.7 Å². The zero-order valence-electron chi connectivity index (χ0n) is 10.5. The van der Waals surface area contributed by atoms with Crippen LogP contribution in [0.4, 0.5) is 13.2 Å². The number of halogens is 3. The number of hydrogen-bond donors (Lipinski definition) is 0. The van der Waals surface area contributed by atoms with Crippen LogP contribution in [0, 0.1) is 6.92 Å². The van der Waals surface area contributed by atoms with Crippen LogP contribution in [0.1, 0.15) is 11.4 Å². The predicted molar refractivity (Wildman–Crippen MR) is 68.6 cm³/mol. The van der Waals surface area contributed by atoms with Gasteiger partial charge in [-0.2, -0.15) is 18.3 Å². The van der Waals surface area contributed by atoms with Crippen LogP contribution < -0.4 is 0 Å². The molecular weight excluding hydrogens is 267 g/mol. The zero-order valence-corrected chi connectivity index (χ0v) is 10.5. The molecule has 6 heteroatoms. The van der Waals surface area contributed by atoms with Gasteiger partial charge in [0.2, 0.25) is 0 Å². The third-order valence-electron chi connectivity index (χ3n) is 2.95. The molecule has 0 N–H and O–H groups in total. The number of nitrogens with zero attached hydrogens (tertiary/aromatic N) is 3. The van der Waals surface area contributed by atoms with Crippen molar-refractivity contribution in [1.82, 2.24) is 14.8 Å². The second kappa shape index (κ2) is 4.33. The summed E-state index contributed by atoms with van der Waals surface area (Å²) in [7, 11) is 0. The number of fused-ring (bicyclic) bond motifs is 1. The van der Waals surface area contributed by atoms with Crippen LogP contribution >= 0.6 is 0 Å². The van der Waals surface area contributed by atoms with E-state index in [1.165, 1.54) is 10.9 Å². The second-order valence-corrected chi connectivity index (χ2v) is 4.44. The number of para-hydroxylation sites is 1. The third-order valence-corrected chi connectivity index (χ3v) is 2.95. The van der Waals surface area contributed by atoms with Crippen LogP contribution in [-0.4, -0.2) is 14.8 Å². The Morgan fingerprint density at radius 1 is 1.10 bits per heavy atom. The van der Waals surface area contributed by atoms with Crippen LogP contribution in [0.25, 0.3) is 16.6 Å². The van der Waals surface area contributed by atoms with E-state index in [4.69, 9.17) is 0 Å². The highest BCUT2D eigenvalue weighted by atomic mass is 19.4. The van der Waals surface area contributed by atoms with Gasteiger partial charge >= 0.3 is 6.18 Å². The molecule has 102 valence electrons. The topological polar surface area (TPSA) is 30.7 Å². The van der Waals surface area contributed by atoms with Crippen molar-refractivity contribution in [2.75, 3.05) is 0 Å². The highest BCUT2D eigenvalue weighted by molar-refractivity contribution is 5.87. The van der Waals surface area contributed by atoms with E-state index in [9.17, 15) is 13.2 Å². The largest absolute Gasteiger partial charge is 0.435 e. The van der Waals surface area contributed by atoms with Gasteiger partial charge in [0, 0.05) is 17.3 Å². The van der Waals surface area contributed by atoms with Gasteiger partial charge < -0.3 is 0 Å². The van der Waals surface area contributed by atoms with Crippen LogP contribution in [0.3, 0.4) is 0 Å². The van der Waals surface area contributed by atoms with E-state index in [-0.39, 0.29) is 0 Å². The summed E-state index contributed by atoms with van der Waals surface area (Å²) in [5, 5.41) is 4.37. The molecule has 0 atom stereocenters. The van der Waals surface area contributed by atoms with Gasteiger partial charge in [0.05, 0.1) is 11.2 Å². The number of aromatic nitrogens is 3. The Morgan fingerprint density at radius 2 is 1.85 bits per heavy atom. The normalized spacial score (nSPS) is 12.0. The van der Waals surface area contributed by atoms with Crippen LogP contribution in [-0.2, 0) is 6.18 Å². The Kier molecular flexibility index (Phi) is 2.74. The monoisotopic (exact) mass is 277 g/mol. The lowest BCUT2D eigenvalue weighted by Gasteiger charge is -2.08. The molecule has 0 bridgehead atoms. The summed E-state index contributed by atoms with van der Waals surface area (Å²) in [6, 6.07) is 9.96. The summed E-state index contributed by atoms with van der Waals surface area (Å²) >= 11 is 0. The Hall–Kier alpha value is -2.37. The predicted octanol–water partition coefficient (Wildman–Crippen LogP) is 3.75. The Labute approximate surface area is 112 Å². The minimum atomic E-state index is -4.44. The zero-order chi connectivity index (χ0) is 14.3. The minimum absolute atomic E-state index is 0.587. The first-order valence-electron chi connectivity index (χ1n) is 5.95. The van der Waals surface area contributed by atoms with Crippen molar-refractivity contribution in [3.63, 3.8) is 0 Å². The average Bonchev–Trinajstić information content (AvgIpc) is 2.87. The maximum atomic E-state index is 12.6. The van der Waals surface area contributed by atoms with Crippen molar-refractivity contribution in [2.24, 2.45) is 0 Å². The van der Waals surface area contributed by atoms with Gasteiger partial charge in [0.25, 0.3) is 0 Å². The fourth-order valence-corrected chi connectivity index (χ4v) is 2.08. The van der Waals surface area contributed by atoms with Crippen molar-refractivity contribution in [3.05, 3.63) is 54.0 Å². The first-order valence-corrected chi connectivity index (χ1v) is 5.95. The quantitative estimate of drug-likeness (QED) is 0.678. The number of rotatable bonds is 1. The van der Waals surface area contributed by atoms with Crippen molar-refractivity contribution in [3.8, 4) is 5.69 Å². The van der Waals surface area contributed by atoms with Gasteiger partial charge in [-0.05, 0) is 25.1 Å². The van der Waals surface area contributed by atoms with Crippen molar-refractivity contribution in [2.45, 2.75) is 13.1 Å². The molecule has 0 saturated heterocycles. The first kappa shape index (κ1) is 12.7. The average molecular weight is 277 g/mol. The van der Waals surface area contributed by atoms with Gasteiger partial charge in [0.1, 0.15) is 0 Å². The molecule has 0 aliphatic rings. The Bertz CT molecular complexity index is 775. The number of aryl methyl sites for hydroxylation is 1. The van der Waals surface area contributed by atoms with Gasteiger partial charge in [-0.3, -0.25) is 4.98 Å². The summed E-state index contributed by atoms with van der Waals surface area (Å²) in [6.45, 7) is 1.80. The van der Waals surface area contributed by atoms with E-state index in [0.29, 0.717) is 5.69 Å². The molecule has 3 rings (SSSR count). The highest BCUT2D eigenvalue weighted by Crippen LogP contribution is 2.29. The summed E-state index contributed by atoms with van der Waals surface area (Å²) in [6.07, 6.45) is -3.13. The minimum Gasteiger partial charge on any atom is -0.253 e. The number of benzene rings is 1. The highest BCUT2D eigenvalue weighted by Gasteiger charge is 2.33. The summed E-state index contributed by atoms with van der Waals surface area (Å²) in [5.41, 5.74) is 1.13. The van der Waals surface area contributed by atoms with E-state index < -0.39 is 11.9 Å². The first-order chi connectivity index (χ1) is 9.45.